The van der Waals surface area contributed by atoms with Gasteiger partial charge < -0.3 is 10.8 Å². The first-order valence-corrected chi connectivity index (χ1v) is 9.03. The Morgan fingerprint density at radius 2 is 1.77 bits per heavy atom. The van der Waals surface area contributed by atoms with E-state index in [1.807, 2.05) is 0 Å². The quantitative estimate of drug-likeness (QED) is 0.536. The van der Waals surface area contributed by atoms with Gasteiger partial charge in [0.15, 0.2) is 5.82 Å². The summed E-state index contributed by atoms with van der Waals surface area (Å²) in [7, 11) is 0. The van der Waals surface area contributed by atoms with Gasteiger partial charge >= 0.3 is 12.1 Å². The number of aliphatic hydroxyl groups excluding tert-OH is 1. The summed E-state index contributed by atoms with van der Waals surface area (Å²) in [6.45, 7) is 0. The Kier molecular flexibility index (Phi) is 6.01. The van der Waals surface area contributed by atoms with E-state index in [0.717, 1.165) is 10.7 Å². The minimum Gasteiger partial charge on any atom is -0.388 e. The number of rotatable bonds is 6. The third-order valence-corrected chi connectivity index (χ3v) is 4.65. The highest BCUT2D eigenvalue weighted by molar-refractivity contribution is 6.31. The smallest absolute Gasteiger partial charge is 0.388 e. The number of alkyl halides is 5. The SMILES string of the molecule is NC(=O)c1nc(-c2ccccc2)n(-c2ccc(Cl)c(C(O)CC(F)(F)C(F)(F)F)c2)n1. The van der Waals surface area contributed by atoms with Crippen LogP contribution in [0.15, 0.2) is 48.5 Å². The van der Waals surface area contributed by atoms with Crippen LogP contribution in [0.3, 0.4) is 0 Å². The molecule has 6 nitrogen and oxygen atoms in total. The van der Waals surface area contributed by atoms with Crippen molar-refractivity contribution in [1.82, 2.24) is 14.8 Å². The van der Waals surface area contributed by atoms with Gasteiger partial charge in [-0.3, -0.25) is 4.79 Å². The van der Waals surface area contributed by atoms with E-state index in [9.17, 15) is 31.9 Å². The number of nitrogens with two attached hydrogens (primary N) is 1. The number of hydrogen-bond donors (Lipinski definition) is 2. The second kappa shape index (κ2) is 8.23. The van der Waals surface area contributed by atoms with E-state index in [2.05, 4.69) is 10.1 Å². The average molecular weight is 461 g/mol. The number of halogens is 6. The third kappa shape index (κ3) is 4.67. The molecular formula is C19H14ClF5N4O2. The van der Waals surface area contributed by atoms with Crippen LogP contribution in [0.4, 0.5) is 22.0 Å². The van der Waals surface area contributed by atoms with Gasteiger partial charge in [0.2, 0.25) is 5.82 Å². The Morgan fingerprint density at radius 3 is 2.35 bits per heavy atom. The van der Waals surface area contributed by atoms with Gasteiger partial charge in [-0.2, -0.15) is 22.0 Å². The van der Waals surface area contributed by atoms with Crippen LogP contribution in [0, 0.1) is 0 Å². The predicted octanol–water partition coefficient (Wildman–Crippen LogP) is 4.31. The molecule has 0 spiro atoms. The molecular weight excluding hydrogens is 447 g/mol. The number of hydrogen-bond acceptors (Lipinski definition) is 4. The number of nitrogens with zero attached hydrogens (tertiary/aromatic N) is 3. The fourth-order valence-electron chi connectivity index (χ4n) is 2.76. The summed E-state index contributed by atoms with van der Waals surface area (Å²) in [5, 5.41) is 13.8. The maximum Gasteiger partial charge on any atom is 0.453 e. The molecule has 164 valence electrons. The summed E-state index contributed by atoms with van der Waals surface area (Å²) in [5.41, 5.74) is 5.48. The van der Waals surface area contributed by atoms with Crippen molar-refractivity contribution >= 4 is 17.5 Å². The Labute approximate surface area is 177 Å². The topological polar surface area (TPSA) is 94.0 Å². The summed E-state index contributed by atoms with van der Waals surface area (Å²) in [6, 6.07) is 12.1. The van der Waals surface area contributed by atoms with Gasteiger partial charge in [0.25, 0.3) is 5.91 Å². The summed E-state index contributed by atoms with van der Waals surface area (Å²) < 4.78 is 65.5. The van der Waals surface area contributed by atoms with Gasteiger partial charge in [0.05, 0.1) is 18.2 Å². The first kappa shape index (κ1) is 22.6. The van der Waals surface area contributed by atoms with Crippen molar-refractivity contribution in [2.24, 2.45) is 5.73 Å². The van der Waals surface area contributed by atoms with Gasteiger partial charge in [0, 0.05) is 16.1 Å². The van der Waals surface area contributed by atoms with E-state index in [4.69, 9.17) is 17.3 Å². The van der Waals surface area contributed by atoms with Crippen molar-refractivity contribution in [3.63, 3.8) is 0 Å². The van der Waals surface area contributed by atoms with Crippen LogP contribution in [0.2, 0.25) is 5.02 Å². The molecule has 1 atom stereocenters. The fourth-order valence-corrected chi connectivity index (χ4v) is 3.00. The maximum absolute atomic E-state index is 13.4. The van der Waals surface area contributed by atoms with Crippen molar-refractivity contribution in [2.45, 2.75) is 24.6 Å². The summed E-state index contributed by atoms with van der Waals surface area (Å²) in [5.74, 6) is -6.26. The molecule has 1 unspecified atom stereocenters. The minimum atomic E-state index is -5.83. The first-order chi connectivity index (χ1) is 14.4. The molecule has 0 bridgehead atoms. The van der Waals surface area contributed by atoms with Gasteiger partial charge in [-0.25, -0.2) is 9.67 Å². The molecule has 0 saturated carbocycles. The molecule has 3 N–H and O–H groups in total. The average Bonchev–Trinajstić information content (AvgIpc) is 3.13. The molecule has 2 aromatic carbocycles. The number of benzene rings is 2. The van der Waals surface area contributed by atoms with E-state index in [0.29, 0.717) is 5.56 Å². The molecule has 1 aromatic heterocycles. The van der Waals surface area contributed by atoms with Gasteiger partial charge in [-0.15, -0.1) is 5.10 Å². The van der Waals surface area contributed by atoms with Gasteiger partial charge in [-0.1, -0.05) is 41.9 Å². The molecule has 3 aromatic rings. The molecule has 0 fully saturated rings. The van der Waals surface area contributed by atoms with Crippen LogP contribution in [0.1, 0.15) is 28.7 Å². The van der Waals surface area contributed by atoms with Crippen LogP contribution < -0.4 is 5.73 Å². The number of carbonyl (C=O) groups is 1. The Bertz CT molecular complexity index is 1100. The Balaban J connectivity index is 2.07. The van der Waals surface area contributed by atoms with Gasteiger partial charge in [0.1, 0.15) is 0 Å². The molecule has 31 heavy (non-hydrogen) atoms. The fraction of sp³-hybridized carbons (Fsp3) is 0.211. The standard InChI is InChI=1S/C19H14ClF5N4O2/c20-13-7-6-11(8-12(13)14(30)9-18(21,22)19(23,24)25)29-17(10-4-2-1-3-5-10)27-16(28-29)15(26)31/h1-8,14,30H,9H2,(H2,26,31). The van der Waals surface area contributed by atoms with Crippen LogP contribution in [-0.2, 0) is 0 Å². The van der Waals surface area contributed by atoms with Gasteiger partial charge in [-0.05, 0) is 18.2 Å². The zero-order valence-electron chi connectivity index (χ0n) is 15.4. The highest BCUT2D eigenvalue weighted by Crippen LogP contribution is 2.42. The molecule has 3 rings (SSSR count). The molecule has 0 aliphatic rings. The molecule has 0 saturated heterocycles. The number of primary amides is 1. The largest absolute Gasteiger partial charge is 0.453 e. The summed E-state index contributed by atoms with van der Waals surface area (Å²) >= 11 is 5.93. The highest BCUT2D eigenvalue weighted by Gasteiger charge is 2.58. The molecule has 0 radical (unpaired) electrons. The van der Waals surface area contributed by atoms with E-state index in [-0.39, 0.29) is 27.9 Å². The number of amides is 1. The lowest BCUT2D eigenvalue weighted by Gasteiger charge is -2.23. The maximum atomic E-state index is 13.4. The lowest BCUT2D eigenvalue weighted by molar-refractivity contribution is -0.290. The number of carbonyl (C=O) groups excluding carboxylic acids is 1. The second-order valence-corrected chi connectivity index (χ2v) is 6.94. The third-order valence-electron chi connectivity index (χ3n) is 4.31. The van der Waals surface area contributed by atoms with Crippen LogP contribution in [0.5, 0.6) is 0 Å². The van der Waals surface area contributed by atoms with E-state index < -0.39 is 30.5 Å². The van der Waals surface area contributed by atoms with Crippen molar-refractivity contribution in [3.8, 4) is 17.1 Å². The number of aromatic nitrogens is 3. The lowest BCUT2D eigenvalue weighted by atomic mass is 10.0. The second-order valence-electron chi connectivity index (χ2n) is 6.53. The molecule has 1 heterocycles. The van der Waals surface area contributed by atoms with E-state index in [1.165, 1.54) is 12.1 Å². The molecule has 12 heteroatoms. The Hall–Kier alpha value is -3.05. The molecule has 0 aliphatic carbocycles. The number of aliphatic hydroxyl groups is 1. The van der Waals surface area contributed by atoms with Crippen LogP contribution in [0.25, 0.3) is 17.1 Å². The molecule has 0 aliphatic heterocycles. The van der Waals surface area contributed by atoms with Crippen LogP contribution >= 0.6 is 11.6 Å². The van der Waals surface area contributed by atoms with Crippen molar-refractivity contribution in [3.05, 3.63) is 64.9 Å². The van der Waals surface area contributed by atoms with E-state index in [1.54, 1.807) is 30.3 Å². The zero-order valence-corrected chi connectivity index (χ0v) is 16.2. The van der Waals surface area contributed by atoms with E-state index >= 15 is 0 Å². The predicted molar refractivity (Wildman–Crippen MR) is 101 cm³/mol. The first-order valence-electron chi connectivity index (χ1n) is 8.65. The Morgan fingerprint density at radius 1 is 1.13 bits per heavy atom. The minimum absolute atomic E-state index is 0.104. The van der Waals surface area contributed by atoms with Crippen molar-refractivity contribution in [1.29, 1.82) is 0 Å². The normalized spacial score (nSPS) is 13.3. The van der Waals surface area contributed by atoms with Crippen LogP contribution in [-0.4, -0.2) is 37.9 Å². The molecule has 1 amide bonds. The van der Waals surface area contributed by atoms with Crippen molar-refractivity contribution < 1.29 is 31.9 Å². The lowest BCUT2D eigenvalue weighted by Crippen LogP contribution is -2.37. The summed E-state index contributed by atoms with van der Waals surface area (Å²) in [4.78, 5) is 15.6. The summed E-state index contributed by atoms with van der Waals surface area (Å²) in [6.07, 6.45) is -9.99. The van der Waals surface area contributed by atoms with Crippen molar-refractivity contribution in [2.75, 3.05) is 0 Å². The zero-order chi connectivity index (χ0) is 23.0. The highest BCUT2D eigenvalue weighted by atomic mass is 35.5. The monoisotopic (exact) mass is 460 g/mol.